The fourth-order valence-corrected chi connectivity index (χ4v) is 2.74. The summed E-state index contributed by atoms with van der Waals surface area (Å²) in [6, 6.07) is 5.27. The molecule has 1 fully saturated rings. The lowest BCUT2D eigenvalue weighted by atomic mass is 10.2. The summed E-state index contributed by atoms with van der Waals surface area (Å²) in [6.45, 7) is 4.51. The van der Waals surface area contributed by atoms with Crippen molar-refractivity contribution in [3.63, 3.8) is 0 Å². The third-order valence-electron chi connectivity index (χ3n) is 3.09. The van der Waals surface area contributed by atoms with E-state index in [1.54, 1.807) is 6.07 Å². The van der Waals surface area contributed by atoms with E-state index >= 15 is 0 Å². The Bertz CT molecular complexity index is 453. The summed E-state index contributed by atoms with van der Waals surface area (Å²) in [4.78, 5) is 12.7. The molecule has 6 heteroatoms. The van der Waals surface area contributed by atoms with Gasteiger partial charge in [0.1, 0.15) is 0 Å². The predicted molar refractivity (Wildman–Crippen MR) is 78.1 cm³/mol. The summed E-state index contributed by atoms with van der Waals surface area (Å²) >= 11 is 2.01. The number of hydrogen-bond donors (Lipinski definition) is 0. The highest BCUT2D eigenvalue weighted by atomic mass is 127. The third kappa shape index (κ3) is 2.92. The van der Waals surface area contributed by atoms with Gasteiger partial charge in [0.05, 0.1) is 21.2 Å². The van der Waals surface area contributed by atoms with E-state index in [4.69, 9.17) is 4.74 Å². The summed E-state index contributed by atoms with van der Waals surface area (Å²) in [5.74, 6) is 0. The molecule has 0 aromatic heterocycles. The number of rotatable bonds is 3. The van der Waals surface area contributed by atoms with Crippen LogP contribution in [-0.2, 0) is 4.74 Å². The van der Waals surface area contributed by atoms with E-state index < -0.39 is 0 Å². The SMILES string of the molecule is CCC1CN(c2ccc([N+](=O)[O-])c(I)c2)CCO1. The summed E-state index contributed by atoms with van der Waals surface area (Å²) in [7, 11) is 0. The maximum absolute atomic E-state index is 10.8. The highest BCUT2D eigenvalue weighted by molar-refractivity contribution is 14.1. The Morgan fingerprint density at radius 1 is 1.61 bits per heavy atom. The maximum atomic E-state index is 10.8. The normalized spacial score (nSPS) is 19.9. The van der Waals surface area contributed by atoms with Crippen molar-refractivity contribution in [2.75, 3.05) is 24.6 Å². The van der Waals surface area contributed by atoms with Crippen LogP contribution in [0.3, 0.4) is 0 Å². The van der Waals surface area contributed by atoms with Crippen LogP contribution in [0.4, 0.5) is 11.4 Å². The van der Waals surface area contributed by atoms with Gasteiger partial charge in [0.2, 0.25) is 0 Å². The van der Waals surface area contributed by atoms with Crippen LogP contribution in [0.15, 0.2) is 18.2 Å². The molecule has 0 aliphatic carbocycles. The summed E-state index contributed by atoms with van der Waals surface area (Å²) < 4.78 is 6.29. The smallest absolute Gasteiger partial charge is 0.282 e. The first kappa shape index (κ1) is 13.5. The number of hydrogen-bond acceptors (Lipinski definition) is 4. The Balaban J connectivity index is 2.18. The Morgan fingerprint density at radius 2 is 2.39 bits per heavy atom. The van der Waals surface area contributed by atoms with Gasteiger partial charge >= 0.3 is 0 Å². The fourth-order valence-electron chi connectivity index (χ4n) is 2.04. The zero-order valence-corrected chi connectivity index (χ0v) is 12.3. The van der Waals surface area contributed by atoms with Gasteiger partial charge in [-0.1, -0.05) is 6.92 Å². The van der Waals surface area contributed by atoms with Crippen LogP contribution >= 0.6 is 22.6 Å². The lowest BCUT2D eigenvalue weighted by Gasteiger charge is -2.34. The highest BCUT2D eigenvalue weighted by Crippen LogP contribution is 2.27. The largest absolute Gasteiger partial charge is 0.375 e. The molecule has 5 nitrogen and oxygen atoms in total. The summed E-state index contributed by atoms with van der Waals surface area (Å²) in [6.07, 6.45) is 1.24. The van der Waals surface area contributed by atoms with Crippen LogP contribution in [0.5, 0.6) is 0 Å². The summed E-state index contributed by atoms with van der Waals surface area (Å²) in [5, 5.41) is 10.8. The van der Waals surface area contributed by atoms with Crippen LogP contribution in [0.25, 0.3) is 0 Å². The average Bonchev–Trinajstić information content (AvgIpc) is 2.38. The minimum atomic E-state index is -0.348. The quantitative estimate of drug-likeness (QED) is 0.472. The molecule has 1 heterocycles. The van der Waals surface area contributed by atoms with Gasteiger partial charge in [-0.25, -0.2) is 0 Å². The standard InChI is InChI=1S/C12H15IN2O3/c1-2-10-8-14(5-6-18-10)9-3-4-12(15(16)17)11(13)7-9/h3-4,7,10H,2,5-6,8H2,1H3. The molecule has 2 rings (SSSR count). The Morgan fingerprint density at radius 3 is 3.00 bits per heavy atom. The molecule has 18 heavy (non-hydrogen) atoms. The van der Waals surface area contributed by atoms with E-state index in [1.807, 2.05) is 34.7 Å². The van der Waals surface area contributed by atoms with Crippen molar-refractivity contribution in [1.82, 2.24) is 0 Å². The van der Waals surface area contributed by atoms with Crippen molar-refractivity contribution in [3.8, 4) is 0 Å². The minimum Gasteiger partial charge on any atom is -0.375 e. The van der Waals surface area contributed by atoms with Crippen molar-refractivity contribution < 1.29 is 9.66 Å². The van der Waals surface area contributed by atoms with Crippen LogP contribution in [0.2, 0.25) is 0 Å². The van der Waals surface area contributed by atoms with Crippen molar-refractivity contribution in [2.24, 2.45) is 0 Å². The Hall–Kier alpha value is -0.890. The fraction of sp³-hybridized carbons (Fsp3) is 0.500. The molecule has 0 radical (unpaired) electrons. The van der Waals surface area contributed by atoms with Gasteiger partial charge < -0.3 is 9.64 Å². The van der Waals surface area contributed by atoms with E-state index in [0.717, 1.165) is 25.2 Å². The van der Waals surface area contributed by atoms with Gasteiger partial charge in [-0.3, -0.25) is 10.1 Å². The number of halogens is 1. The van der Waals surface area contributed by atoms with Crippen molar-refractivity contribution in [2.45, 2.75) is 19.4 Å². The Labute approximate surface area is 119 Å². The first-order valence-corrected chi connectivity index (χ1v) is 7.00. The third-order valence-corrected chi connectivity index (χ3v) is 3.95. The van der Waals surface area contributed by atoms with Gasteiger partial charge in [-0.15, -0.1) is 0 Å². The molecular formula is C12H15IN2O3. The molecule has 1 aromatic carbocycles. The molecule has 0 spiro atoms. The van der Waals surface area contributed by atoms with Gasteiger partial charge in [-0.05, 0) is 41.1 Å². The second-order valence-electron chi connectivity index (χ2n) is 4.24. The zero-order valence-electron chi connectivity index (χ0n) is 10.1. The minimum absolute atomic E-state index is 0.166. The van der Waals surface area contributed by atoms with Crippen molar-refractivity contribution >= 4 is 34.0 Å². The van der Waals surface area contributed by atoms with E-state index in [2.05, 4.69) is 11.8 Å². The number of benzene rings is 1. The molecule has 1 aliphatic rings. The van der Waals surface area contributed by atoms with Gasteiger partial charge in [0.15, 0.2) is 0 Å². The zero-order chi connectivity index (χ0) is 13.1. The van der Waals surface area contributed by atoms with Crippen LogP contribution in [-0.4, -0.2) is 30.7 Å². The second-order valence-corrected chi connectivity index (χ2v) is 5.40. The maximum Gasteiger partial charge on any atom is 0.282 e. The predicted octanol–water partition coefficient (Wildman–Crippen LogP) is 2.81. The topological polar surface area (TPSA) is 55.6 Å². The number of ether oxygens (including phenoxy) is 1. The van der Waals surface area contributed by atoms with Crippen LogP contribution in [0, 0.1) is 13.7 Å². The van der Waals surface area contributed by atoms with E-state index in [-0.39, 0.29) is 16.7 Å². The summed E-state index contributed by atoms with van der Waals surface area (Å²) in [5.41, 5.74) is 1.20. The van der Waals surface area contributed by atoms with Crippen molar-refractivity contribution in [1.29, 1.82) is 0 Å². The molecule has 1 aromatic rings. The lowest BCUT2D eigenvalue weighted by Crippen LogP contribution is -2.42. The molecule has 1 unspecified atom stereocenters. The average molecular weight is 362 g/mol. The molecule has 0 saturated carbocycles. The molecule has 0 N–H and O–H groups in total. The molecule has 98 valence electrons. The number of nitro benzene ring substituents is 1. The molecule has 0 bridgehead atoms. The van der Waals surface area contributed by atoms with Gasteiger partial charge in [0, 0.05) is 24.8 Å². The van der Waals surface area contributed by atoms with Crippen molar-refractivity contribution in [3.05, 3.63) is 31.9 Å². The molecular weight excluding hydrogens is 347 g/mol. The lowest BCUT2D eigenvalue weighted by molar-refractivity contribution is -0.385. The number of nitrogens with zero attached hydrogens (tertiary/aromatic N) is 2. The molecule has 1 saturated heterocycles. The second kappa shape index (κ2) is 5.83. The van der Waals surface area contributed by atoms with Crippen LogP contribution < -0.4 is 4.90 Å². The monoisotopic (exact) mass is 362 g/mol. The molecule has 1 aliphatic heterocycles. The molecule has 0 amide bonds. The number of morpholine rings is 1. The number of anilines is 1. The van der Waals surface area contributed by atoms with Gasteiger partial charge in [-0.2, -0.15) is 0 Å². The van der Waals surface area contributed by atoms with E-state index in [1.165, 1.54) is 0 Å². The Kier molecular flexibility index (Phi) is 4.39. The molecule has 1 atom stereocenters. The first-order valence-electron chi connectivity index (χ1n) is 5.92. The van der Waals surface area contributed by atoms with Crippen LogP contribution in [0.1, 0.15) is 13.3 Å². The van der Waals surface area contributed by atoms with Gasteiger partial charge in [0.25, 0.3) is 5.69 Å². The van der Waals surface area contributed by atoms with E-state index in [0.29, 0.717) is 10.2 Å². The number of nitro groups is 1. The first-order chi connectivity index (χ1) is 8.61. The highest BCUT2D eigenvalue weighted by Gasteiger charge is 2.21. The van der Waals surface area contributed by atoms with E-state index in [9.17, 15) is 10.1 Å².